The van der Waals surface area contributed by atoms with Crippen LogP contribution in [0, 0.1) is 0 Å². The van der Waals surface area contributed by atoms with Gasteiger partial charge in [0.25, 0.3) is 11.8 Å². The minimum atomic E-state index is -0.169. The molecule has 0 saturated heterocycles. The zero-order chi connectivity index (χ0) is 20.8. The first-order valence-electron chi connectivity index (χ1n) is 10.3. The van der Waals surface area contributed by atoms with Crippen molar-refractivity contribution in [3.05, 3.63) is 89.2 Å². The average Bonchev–Trinajstić information content (AvgIpc) is 3.28. The average molecular weight is 397 g/mol. The van der Waals surface area contributed by atoms with Crippen molar-refractivity contribution >= 4 is 23.2 Å². The van der Waals surface area contributed by atoms with Crippen molar-refractivity contribution < 1.29 is 9.59 Å². The lowest BCUT2D eigenvalue weighted by molar-refractivity contribution is 0.0972. The lowest BCUT2D eigenvalue weighted by Crippen LogP contribution is -2.38. The van der Waals surface area contributed by atoms with Gasteiger partial charge in [-0.05, 0) is 62.1 Å². The van der Waals surface area contributed by atoms with Crippen molar-refractivity contribution in [2.45, 2.75) is 38.8 Å². The van der Waals surface area contributed by atoms with Gasteiger partial charge in [0.15, 0.2) is 0 Å². The summed E-state index contributed by atoms with van der Waals surface area (Å²) in [4.78, 5) is 34.7. The van der Waals surface area contributed by atoms with Gasteiger partial charge in [0.05, 0.1) is 0 Å². The number of amides is 2. The van der Waals surface area contributed by atoms with E-state index in [2.05, 4.69) is 17.1 Å². The van der Waals surface area contributed by atoms with Gasteiger partial charge in [0.2, 0.25) is 0 Å². The minimum Gasteiger partial charge on any atom is -0.304 e. The van der Waals surface area contributed by atoms with Crippen molar-refractivity contribution in [2.24, 2.45) is 0 Å². The van der Waals surface area contributed by atoms with Crippen LogP contribution < -0.4 is 9.80 Å². The Morgan fingerprint density at radius 3 is 1.60 bits per heavy atom. The Kier molecular flexibility index (Phi) is 4.39. The summed E-state index contributed by atoms with van der Waals surface area (Å²) >= 11 is 0. The first kappa shape index (κ1) is 18.6. The van der Waals surface area contributed by atoms with Crippen molar-refractivity contribution in [3.63, 3.8) is 0 Å². The Bertz CT molecular complexity index is 1070. The van der Waals surface area contributed by atoms with Gasteiger partial charge in [-0.15, -0.1) is 0 Å². The van der Waals surface area contributed by atoms with Gasteiger partial charge in [-0.2, -0.15) is 0 Å². The summed E-state index contributed by atoms with van der Waals surface area (Å²) in [5, 5.41) is 0. The van der Waals surface area contributed by atoms with Gasteiger partial charge in [0.1, 0.15) is 11.4 Å². The van der Waals surface area contributed by atoms with E-state index in [-0.39, 0.29) is 23.9 Å². The molecule has 2 amide bonds. The molecular formula is C25H23N3O2. The van der Waals surface area contributed by atoms with Crippen LogP contribution in [0.3, 0.4) is 0 Å². The van der Waals surface area contributed by atoms with Crippen LogP contribution in [-0.2, 0) is 12.8 Å². The lowest BCUT2D eigenvalue weighted by Gasteiger charge is -2.24. The molecule has 3 heterocycles. The van der Waals surface area contributed by atoms with Crippen LogP contribution in [0.4, 0.5) is 11.4 Å². The molecule has 150 valence electrons. The first-order valence-corrected chi connectivity index (χ1v) is 10.3. The Morgan fingerprint density at radius 2 is 1.13 bits per heavy atom. The molecule has 5 heteroatoms. The highest BCUT2D eigenvalue weighted by molar-refractivity contribution is 6.09. The van der Waals surface area contributed by atoms with E-state index in [0.29, 0.717) is 11.4 Å². The molecule has 0 bridgehead atoms. The van der Waals surface area contributed by atoms with Gasteiger partial charge in [-0.1, -0.05) is 42.5 Å². The van der Waals surface area contributed by atoms with Crippen LogP contribution in [0.25, 0.3) is 0 Å². The summed E-state index contributed by atoms with van der Waals surface area (Å²) in [5.74, 6) is -0.339. The highest BCUT2D eigenvalue weighted by atomic mass is 16.2. The number of rotatable bonds is 2. The summed E-state index contributed by atoms with van der Waals surface area (Å²) in [5.41, 5.74) is 4.77. The molecule has 3 aromatic rings. The Labute approximate surface area is 176 Å². The number of hydrogen-bond donors (Lipinski definition) is 0. The number of anilines is 2. The maximum Gasteiger partial charge on any atom is 0.277 e. The number of benzene rings is 2. The number of para-hydroxylation sites is 2. The molecule has 0 radical (unpaired) electrons. The molecule has 2 atom stereocenters. The Morgan fingerprint density at radius 1 is 0.700 bits per heavy atom. The number of carbonyl (C=O) groups is 2. The number of fused-ring (bicyclic) bond motifs is 2. The smallest absolute Gasteiger partial charge is 0.277 e. The second kappa shape index (κ2) is 7.10. The third kappa shape index (κ3) is 2.89. The monoisotopic (exact) mass is 397 g/mol. The molecule has 0 aliphatic carbocycles. The fourth-order valence-electron chi connectivity index (χ4n) is 4.67. The maximum absolute atomic E-state index is 13.3. The van der Waals surface area contributed by atoms with Crippen LogP contribution in [0.1, 0.15) is 46.0 Å². The quantitative estimate of drug-likeness (QED) is 0.649. The maximum atomic E-state index is 13.3. The summed E-state index contributed by atoms with van der Waals surface area (Å²) in [6.07, 6.45) is 1.64. The lowest BCUT2D eigenvalue weighted by atomic mass is 10.1. The molecule has 2 aliphatic rings. The molecule has 0 saturated carbocycles. The molecule has 2 aromatic carbocycles. The SMILES string of the molecule is C[C@@H]1Cc2ccccc2N1C(=O)c1cccc(C(=O)N2c3ccccc3C[C@H]2C)n1. The van der Waals surface area contributed by atoms with Crippen molar-refractivity contribution in [1.82, 2.24) is 4.98 Å². The molecule has 0 fully saturated rings. The van der Waals surface area contributed by atoms with E-state index in [1.165, 1.54) is 0 Å². The Balaban J connectivity index is 1.47. The largest absolute Gasteiger partial charge is 0.304 e. The molecule has 1 aromatic heterocycles. The third-order valence-corrected chi connectivity index (χ3v) is 6.04. The summed E-state index contributed by atoms with van der Waals surface area (Å²) in [6, 6.07) is 21.1. The molecule has 2 aliphatic heterocycles. The topological polar surface area (TPSA) is 53.5 Å². The van der Waals surface area contributed by atoms with E-state index >= 15 is 0 Å². The second-order valence-electron chi connectivity index (χ2n) is 8.12. The van der Waals surface area contributed by atoms with E-state index in [1.54, 1.807) is 28.0 Å². The number of carbonyl (C=O) groups excluding carboxylic acids is 2. The van der Waals surface area contributed by atoms with Crippen molar-refractivity contribution in [3.8, 4) is 0 Å². The van der Waals surface area contributed by atoms with E-state index in [1.807, 2.05) is 50.2 Å². The normalized spacial score (nSPS) is 19.5. The van der Waals surface area contributed by atoms with Crippen LogP contribution >= 0.6 is 0 Å². The third-order valence-electron chi connectivity index (χ3n) is 6.04. The van der Waals surface area contributed by atoms with Gasteiger partial charge in [-0.3, -0.25) is 9.59 Å². The molecule has 5 nitrogen and oxygen atoms in total. The highest BCUT2D eigenvalue weighted by Gasteiger charge is 2.34. The first-order chi connectivity index (χ1) is 14.5. The summed E-state index contributed by atoms with van der Waals surface area (Å²) in [6.45, 7) is 4.07. The molecular weight excluding hydrogens is 374 g/mol. The van der Waals surface area contributed by atoms with Gasteiger partial charge in [0, 0.05) is 23.5 Å². The molecule has 0 unspecified atom stereocenters. The minimum absolute atomic E-state index is 0.0570. The van der Waals surface area contributed by atoms with E-state index in [0.717, 1.165) is 35.3 Å². The molecule has 0 spiro atoms. The Hall–Kier alpha value is -3.47. The summed E-state index contributed by atoms with van der Waals surface area (Å²) in [7, 11) is 0. The van der Waals surface area contributed by atoms with E-state index in [4.69, 9.17) is 0 Å². The predicted molar refractivity (Wildman–Crippen MR) is 117 cm³/mol. The zero-order valence-electron chi connectivity index (χ0n) is 17.1. The van der Waals surface area contributed by atoms with Crippen LogP contribution in [0.15, 0.2) is 66.7 Å². The number of pyridine rings is 1. The molecule has 30 heavy (non-hydrogen) atoms. The van der Waals surface area contributed by atoms with Gasteiger partial charge in [-0.25, -0.2) is 4.98 Å². The predicted octanol–water partition coefficient (Wildman–Crippen LogP) is 4.26. The second-order valence-corrected chi connectivity index (χ2v) is 8.12. The zero-order valence-corrected chi connectivity index (χ0v) is 17.1. The van der Waals surface area contributed by atoms with Gasteiger partial charge < -0.3 is 9.80 Å². The summed E-state index contributed by atoms with van der Waals surface area (Å²) < 4.78 is 0. The standard InChI is InChI=1S/C25H23N3O2/c1-16-14-18-8-3-5-12-22(18)27(16)24(29)20-10-7-11-21(26-20)25(30)28-17(2)15-19-9-4-6-13-23(19)28/h3-13,16-17H,14-15H2,1-2H3/t16-,17-/m1/s1. The van der Waals surface area contributed by atoms with E-state index in [9.17, 15) is 9.59 Å². The highest BCUT2D eigenvalue weighted by Crippen LogP contribution is 2.34. The number of hydrogen-bond acceptors (Lipinski definition) is 3. The van der Waals surface area contributed by atoms with E-state index < -0.39 is 0 Å². The van der Waals surface area contributed by atoms with Crippen molar-refractivity contribution in [2.75, 3.05) is 9.80 Å². The van der Waals surface area contributed by atoms with Gasteiger partial charge >= 0.3 is 0 Å². The number of aromatic nitrogens is 1. The van der Waals surface area contributed by atoms with Crippen molar-refractivity contribution in [1.29, 1.82) is 0 Å². The van der Waals surface area contributed by atoms with Crippen LogP contribution in [-0.4, -0.2) is 28.9 Å². The molecule has 5 rings (SSSR count). The fraction of sp³-hybridized carbons (Fsp3) is 0.240. The number of nitrogens with zero attached hydrogens (tertiary/aromatic N) is 3. The fourth-order valence-corrected chi connectivity index (χ4v) is 4.67. The van der Waals surface area contributed by atoms with Crippen LogP contribution in [0.5, 0.6) is 0 Å². The molecule has 0 N–H and O–H groups in total. The van der Waals surface area contributed by atoms with Crippen LogP contribution in [0.2, 0.25) is 0 Å².